The number of benzene rings is 2. The van der Waals surface area contributed by atoms with Crippen molar-refractivity contribution >= 4 is 40.4 Å². The predicted octanol–water partition coefficient (Wildman–Crippen LogP) is 7.76. The van der Waals surface area contributed by atoms with Crippen molar-refractivity contribution in [1.82, 2.24) is 9.88 Å². The number of nitrogens with zero attached hydrogens (tertiary/aromatic N) is 1. The second kappa shape index (κ2) is 12.7. The molecule has 2 aliphatic carbocycles. The number of methoxy groups -OCH3 is 1. The number of aryl methyl sites for hydroxylation is 2. The van der Waals surface area contributed by atoms with Crippen molar-refractivity contribution in [3.8, 4) is 11.3 Å². The van der Waals surface area contributed by atoms with Crippen LogP contribution in [0.4, 0.5) is 5.69 Å². The number of hydrogen-bond acceptors (Lipinski definition) is 5. The lowest BCUT2D eigenvalue weighted by molar-refractivity contribution is -0.134. The minimum atomic E-state index is -0.982. The molecule has 0 spiro atoms. The summed E-state index contributed by atoms with van der Waals surface area (Å²) in [6.45, 7) is 0.872. The summed E-state index contributed by atoms with van der Waals surface area (Å²) in [5.41, 5.74) is 5.97. The van der Waals surface area contributed by atoms with Gasteiger partial charge < -0.3 is 24.4 Å². The second-order valence-electron chi connectivity index (χ2n) is 13.0. The molecule has 46 heavy (non-hydrogen) atoms. The smallest absolute Gasteiger partial charge is 0.330 e. The highest BCUT2D eigenvalue weighted by Gasteiger charge is 2.43. The monoisotopic (exact) mass is 619 g/mol. The van der Waals surface area contributed by atoms with Crippen LogP contribution in [0.2, 0.25) is 0 Å². The third-order valence-corrected chi connectivity index (χ3v) is 10.2. The highest BCUT2D eigenvalue weighted by atomic mass is 16.5. The molecule has 4 aromatic rings. The number of amides is 2. The van der Waals surface area contributed by atoms with Gasteiger partial charge >= 0.3 is 5.97 Å². The third-order valence-electron chi connectivity index (χ3n) is 10.2. The van der Waals surface area contributed by atoms with Crippen molar-refractivity contribution < 1.29 is 23.5 Å². The molecule has 0 radical (unpaired) electrons. The fourth-order valence-corrected chi connectivity index (χ4v) is 7.83. The van der Waals surface area contributed by atoms with Crippen LogP contribution in [0.15, 0.2) is 65.3 Å². The Hall–Kier alpha value is -4.59. The molecule has 2 saturated carbocycles. The fourth-order valence-electron chi connectivity index (χ4n) is 7.83. The first-order valence-electron chi connectivity index (χ1n) is 16.7. The number of esters is 1. The van der Waals surface area contributed by atoms with Crippen molar-refractivity contribution in [2.75, 3.05) is 12.4 Å². The fraction of sp³-hybridized carbons (Fsp3) is 0.395. The van der Waals surface area contributed by atoms with Gasteiger partial charge in [-0.15, -0.1) is 0 Å². The van der Waals surface area contributed by atoms with Crippen LogP contribution in [0.3, 0.4) is 0 Å². The van der Waals surface area contributed by atoms with Crippen molar-refractivity contribution in [1.29, 1.82) is 0 Å². The molecule has 0 unspecified atom stereocenters. The summed E-state index contributed by atoms with van der Waals surface area (Å²) < 4.78 is 13.0. The Morgan fingerprint density at radius 3 is 2.50 bits per heavy atom. The van der Waals surface area contributed by atoms with Gasteiger partial charge in [-0.25, -0.2) is 4.79 Å². The van der Waals surface area contributed by atoms with Gasteiger partial charge in [0.05, 0.1) is 19.1 Å². The summed E-state index contributed by atoms with van der Waals surface area (Å²) in [6, 6.07) is 15.4. The number of fused-ring (bicyclic) bond motifs is 5. The van der Waals surface area contributed by atoms with Gasteiger partial charge in [0, 0.05) is 46.8 Å². The minimum Gasteiger partial charge on any atom is -0.469 e. The van der Waals surface area contributed by atoms with Crippen LogP contribution in [-0.4, -0.2) is 35.0 Å². The SMILES string of the molecule is COC(=O)/C=C/c1ccc(NC(=O)C2(NC(=O)c3ccc4c(C5CCCCC5)c5n(c4c3)CCCc3occc3-5)CCCC2)cc1. The summed E-state index contributed by atoms with van der Waals surface area (Å²) in [4.78, 5) is 39.1. The lowest BCUT2D eigenvalue weighted by Gasteiger charge is -2.29. The molecule has 0 atom stereocenters. The molecular formula is C38H41N3O5. The van der Waals surface area contributed by atoms with Gasteiger partial charge in [0.15, 0.2) is 0 Å². The first-order chi connectivity index (χ1) is 22.5. The van der Waals surface area contributed by atoms with E-state index in [4.69, 9.17) is 4.42 Å². The standard InChI is InChI=1S/C38H41N3O5/c1-45-33(42)18-13-25-11-15-28(16-12-25)39-37(44)38(20-5-6-21-38)40-36(43)27-14-17-29-31(24-27)41-22-7-10-32-30(19-23-46-32)35(41)34(29)26-8-3-2-4-9-26/h11-19,23-24,26H,2-10,20-22H2,1H3,(H,39,44)(H,40,43)/b18-13+. The number of ether oxygens (including phenoxy) is 1. The number of carbonyl (C=O) groups is 3. The number of hydrogen-bond donors (Lipinski definition) is 2. The maximum atomic E-state index is 13.9. The lowest BCUT2D eigenvalue weighted by Crippen LogP contribution is -2.55. The molecule has 8 nitrogen and oxygen atoms in total. The number of rotatable bonds is 7. The van der Waals surface area contributed by atoms with Crippen LogP contribution in [0.25, 0.3) is 28.2 Å². The molecule has 2 fully saturated rings. The Balaban J connectivity index is 1.16. The Labute approximate surface area is 269 Å². The molecule has 3 heterocycles. The van der Waals surface area contributed by atoms with Gasteiger partial charge in [0.1, 0.15) is 11.3 Å². The normalized spacial score (nSPS) is 17.8. The average molecular weight is 620 g/mol. The molecule has 3 aliphatic rings. The predicted molar refractivity (Wildman–Crippen MR) is 179 cm³/mol. The van der Waals surface area contributed by atoms with Gasteiger partial charge in [0.25, 0.3) is 5.91 Å². The Morgan fingerprint density at radius 2 is 1.74 bits per heavy atom. The van der Waals surface area contributed by atoms with Crippen molar-refractivity contribution in [3.05, 3.63) is 83.3 Å². The van der Waals surface area contributed by atoms with Crippen LogP contribution in [-0.2, 0) is 27.3 Å². The Bertz CT molecular complexity index is 1800. The van der Waals surface area contributed by atoms with E-state index >= 15 is 0 Å². The van der Waals surface area contributed by atoms with Crippen LogP contribution in [0.5, 0.6) is 0 Å². The van der Waals surface area contributed by atoms with E-state index < -0.39 is 11.5 Å². The average Bonchev–Trinajstić information content (AvgIpc) is 3.80. The summed E-state index contributed by atoms with van der Waals surface area (Å²) in [6.07, 6.45) is 15.8. The summed E-state index contributed by atoms with van der Waals surface area (Å²) >= 11 is 0. The summed E-state index contributed by atoms with van der Waals surface area (Å²) in [5, 5.41) is 7.43. The molecule has 7 rings (SSSR count). The number of anilines is 1. The first kappa shape index (κ1) is 30.1. The van der Waals surface area contributed by atoms with E-state index in [1.54, 1.807) is 18.2 Å². The molecule has 2 amide bonds. The zero-order chi connectivity index (χ0) is 31.7. The molecule has 0 bridgehead atoms. The van der Waals surface area contributed by atoms with E-state index in [2.05, 4.69) is 32.1 Å². The lowest BCUT2D eigenvalue weighted by atomic mass is 9.81. The van der Waals surface area contributed by atoms with Crippen LogP contribution in [0.1, 0.15) is 97.4 Å². The van der Waals surface area contributed by atoms with Crippen LogP contribution < -0.4 is 10.6 Å². The summed E-state index contributed by atoms with van der Waals surface area (Å²) in [7, 11) is 1.33. The van der Waals surface area contributed by atoms with Crippen molar-refractivity contribution in [3.63, 3.8) is 0 Å². The molecular weight excluding hydrogens is 578 g/mol. The second-order valence-corrected chi connectivity index (χ2v) is 13.0. The zero-order valence-electron chi connectivity index (χ0n) is 26.4. The van der Waals surface area contributed by atoms with Gasteiger partial charge in [-0.05, 0) is 85.6 Å². The molecule has 2 aromatic heterocycles. The maximum absolute atomic E-state index is 13.9. The largest absolute Gasteiger partial charge is 0.469 e. The molecule has 2 N–H and O–H groups in total. The van der Waals surface area contributed by atoms with Crippen LogP contribution in [0, 0.1) is 0 Å². The quantitative estimate of drug-likeness (QED) is 0.163. The Kier molecular flexibility index (Phi) is 8.28. The zero-order valence-corrected chi connectivity index (χ0v) is 26.4. The number of carbonyl (C=O) groups excluding carboxylic acids is 3. The molecule has 0 saturated heterocycles. The summed E-state index contributed by atoms with van der Waals surface area (Å²) in [5.74, 6) is 0.685. The molecule has 8 heteroatoms. The number of furan rings is 1. The van der Waals surface area contributed by atoms with E-state index in [9.17, 15) is 14.4 Å². The van der Waals surface area contributed by atoms with E-state index in [-0.39, 0.29) is 11.8 Å². The highest BCUT2D eigenvalue weighted by Crippen LogP contribution is 2.46. The minimum absolute atomic E-state index is 0.207. The number of nitrogens with one attached hydrogen (secondary N) is 2. The van der Waals surface area contributed by atoms with E-state index in [1.165, 1.54) is 67.5 Å². The van der Waals surface area contributed by atoms with Crippen molar-refractivity contribution in [2.24, 2.45) is 0 Å². The molecule has 238 valence electrons. The third kappa shape index (κ3) is 5.65. The number of aromatic nitrogens is 1. The van der Waals surface area contributed by atoms with E-state index in [0.29, 0.717) is 30.0 Å². The highest BCUT2D eigenvalue weighted by molar-refractivity contribution is 6.06. The van der Waals surface area contributed by atoms with Gasteiger partial charge in [-0.1, -0.05) is 50.3 Å². The maximum Gasteiger partial charge on any atom is 0.330 e. The van der Waals surface area contributed by atoms with Gasteiger partial charge in [0.2, 0.25) is 5.91 Å². The van der Waals surface area contributed by atoms with Gasteiger partial charge in [-0.2, -0.15) is 0 Å². The van der Waals surface area contributed by atoms with Crippen LogP contribution >= 0.6 is 0 Å². The first-order valence-corrected chi connectivity index (χ1v) is 16.7. The molecule has 2 aromatic carbocycles. The van der Waals surface area contributed by atoms with Gasteiger partial charge in [-0.3, -0.25) is 9.59 Å². The topological polar surface area (TPSA) is 103 Å². The van der Waals surface area contributed by atoms with E-state index in [1.807, 2.05) is 30.5 Å². The molecule has 1 aliphatic heterocycles. The Morgan fingerprint density at radius 1 is 0.957 bits per heavy atom. The van der Waals surface area contributed by atoms with E-state index in [0.717, 1.165) is 49.1 Å². The van der Waals surface area contributed by atoms with Crippen molar-refractivity contribution in [2.45, 2.75) is 88.6 Å².